The van der Waals surface area contributed by atoms with E-state index in [-0.39, 0.29) is 0 Å². The first-order valence-electron chi connectivity index (χ1n) is 3.12. The molecule has 0 heteroatoms. The second-order valence-corrected chi connectivity index (χ2v) is 2.44. The molecule has 0 N–H and O–H groups in total. The van der Waals surface area contributed by atoms with Gasteiger partial charge in [0.05, 0.1) is 0 Å². The van der Waals surface area contributed by atoms with E-state index in [0.717, 1.165) is 6.42 Å². The van der Waals surface area contributed by atoms with Crippen molar-refractivity contribution in [2.45, 2.75) is 33.6 Å². The first-order chi connectivity index (χ1) is 3.66. The zero-order chi connectivity index (χ0) is 6.57. The molecule has 0 heterocycles. The molecule has 8 heavy (non-hydrogen) atoms. The minimum atomic E-state index is 1.11. The molecule has 47 valence electrons. The summed E-state index contributed by atoms with van der Waals surface area (Å²) in [5, 5.41) is 0. The average molecular weight is 111 g/mol. The topological polar surface area (TPSA) is 0 Å². The highest BCUT2D eigenvalue weighted by molar-refractivity contribution is 5.00. The van der Waals surface area contributed by atoms with Crippen LogP contribution in [0.2, 0.25) is 0 Å². The molecule has 0 rings (SSSR count). The van der Waals surface area contributed by atoms with Gasteiger partial charge in [-0.25, -0.2) is 0 Å². The van der Waals surface area contributed by atoms with Gasteiger partial charge in [0.2, 0.25) is 0 Å². The van der Waals surface area contributed by atoms with Gasteiger partial charge in [0, 0.05) is 0 Å². The van der Waals surface area contributed by atoms with Gasteiger partial charge in [-0.15, -0.1) is 6.58 Å². The van der Waals surface area contributed by atoms with Crippen molar-refractivity contribution < 1.29 is 0 Å². The summed E-state index contributed by atoms with van der Waals surface area (Å²) in [6.07, 6.45) is 2.30. The van der Waals surface area contributed by atoms with Crippen LogP contribution in [0.1, 0.15) is 33.6 Å². The van der Waals surface area contributed by atoms with Crippen LogP contribution in [0.4, 0.5) is 0 Å². The molecule has 0 nitrogen and oxygen atoms in total. The second-order valence-electron chi connectivity index (χ2n) is 2.44. The van der Waals surface area contributed by atoms with Gasteiger partial charge in [0.25, 0.3) is 0 Å². The third-order valence-electron chi connectivity index (χ3n) is 1.21. The van der Waals surface area contributed by atoms with Crippen molar-refractivity contribution in [2.75, 3.05) is 0 Å². The van der Waals surface area contributed by atoms with Crippen molar-refractivity contribution in [3.63, 3.8) is 0 Å². The third kappa shape index (κ3) is 3.91. The largest absolute Gasteiger partial charge is 0.100 e. The van der Waals surface area contributed by atoms with Gasteiger partial charge in [-0.2, -0.15) is 0 Å². The smallest absolute Gasteiger partial charge is 0.0235 e. The van der Waals surface area contributed by atoms with E-state index in [9.17, 15) is 0 Å². The first-order valence-corrected chi connectivity index (χ1v) is 3.12. The van der Waals surface area contributed by atoms with E-state index >= 15 is 0 Å². The van der Waals surface area contributed by atoms with E-state index in [2.05, 4.69) is 27.4 Å². The Kier molecular flexibility index (Phi) is 3.59. The Morgan fingerprint density at radius 1 is 1.38 bits per heavy atom. The summed E-state index contributed by atoms with van der Waals surface area (Å²) in [6, 6.07) is 0. The molecule has 0 aromatic carbocycles. The van der Waals surface area contributed by atoms with Crippen LogP contribution in [0, 0.1) is 5.92 Å². The summed E-state index contributed by atoms with van der Waals surface area (Å²) in [6.45, 7) is 10.2. The van der Waals surface area contributed by atoms with E-state index in [4.69, 9.17) is 0 Å². The molecule has 0 aliphatic rings. The highest BCUT2D eigenvalue weighted by Gasteiger charge is 1.96. The standard InChI is InChI=1S/C8H15/c1-5-8(4)6-7(2)3/h2,5-6H2,1,3-4H3. The maximum atomic E-state index is 3.82. The summed E-state index contributed by atoms with van der Waals surface area (Å²) < 4.78 is 0. The Hall–Kier alpha value is -0.260. The normalized spacial score (nSPS) is 10.0. The maximum Gasteiger partial charge on any atom is -0.0235 e. The van der Waals surface area contributed by atoms with Crippen LogP contribution in [-0.2, 0) is 0 Å². The third-order valence-corrected chi connectivity index (χ3v) is 1.21. The Labute approximate surface area is 52.6 Å². The Morgan fingerprint density at radius 2 is 1.88 bits per heavy atom. The van der Waals surface area contributed by atoms with Crippen molar-refractivity contribution in [3.8, 4) is 0 Å². The minimum absolute atomic E-state index is 1.11. The first kappa shape index (κ1) is 7.74. The van der Waals surface area contributed by atoms with Crippen LogP contribution in [0.3, 0.4) is 0 Å². The van der Waals surface area contributed by atoms with Gasteiger partial charge in [-0.3, -0.25) is 0 Å². The lowest BCUT2D eigenvalue weighted by atomic mass is 10.0. The van der Waals surface area contributed by atoms with Crippen LogP contribution < -0.4 is 0 Å². The highest BCUT2D eigenvalue weighted by Crippen LogP contribution is 2.13. The summed E-state index contributed by atoms with van der Waals surface area (Å²) in [5.74, 6) is 1.53. The molecule has 0 aromatic rings. The lowest BCUT2D eigenvalue weighted by Gasteiger charge is -2.04. The van der Waals surface area contributed by atoms with E-state index in [1.807, 2.05) is 0 Å². The van der Waals surface area contributed by atoms with Crippen LogP contribution >= 0.6 is 0 Å². The molecule has 0 spiro atoms. The second kappa shape index (κ2) is 3.71. The van der Waals surface area contributed by atoms with Gasteiger partial charge in [0.15, 0.2) is 0 Å². The van der Waals surface area contributed by atoms with E-state index in [0.29, 0.717) is 0 Å². The molecule has 0 aliphatic heterocycles. The molecular formula is C8H15. The number of hydrogen-bond donors (Lipinski definition) is 0. The van der Waals surface area contributed by atoms with Crippen molar-refractivity contribution >= 4 is 0 Å². The molecule has 0 saturated carbocycles. The monoisotopic (exact) mass is 111 g/mol. The van der Waals surface area contributed by atoms with Gasteiger partial charge in [-0.1, -0.05) is 19.4 Å². The quantitative estimate of drug-likeness (QED) is 0.491. The Balaban J connectivity index is 3.24. The van der Waals surface area contributed by atoms with Gasteiger partial charge in [-0.05, 0) is 25.7 Å². The molecule has 1 radical (unpaired) electrons. The zero-order valence-electron chi connectivity index (χ0n) is 6.12. The average Bonchev–Trinajstić information content (AvgIpc) is 1.65. The number of hydrogen-bond acceptors (Lipinski definition) is 0. The SMILES string of the molecule is C=C(C)C[C](C)CC. The van der Waals surface area contributed by atoms with E-state index in [1.165, 1.54) is 17.9 Å². The number of rotatable bonds is 3. The molecule has 0 amide bonds. The molecule has 0 fully saturated rings. The summed E-state index contributed by atoms with van der Waals surface area (Å²) in [5.41, 5.74) is 1.27. The van der Waals surface area contributed by atoms with Crippen molar-refractivity contribution in [2.24, 2.45) is 0 Å². The summed E-state index contributed by atoms with van der Waals surface area (Å²) in [4.78, 5) is 0. The van der Waals surface area contributed by atoms with Crippen LogP contribution in [0.25, 0.3) is 0 Å². The van der Waals surface area contributed by atoms with Crippen LogP contribution in [0.15, 0.2) is 12.2 Å². The summed E-state index contributed by atoms with van der Waals surface area (Å²) >= 11 is 0. The Morgan fingerprint density at radius 3 is 2.00 bits per heavy atom. The molecule has 0 bridgehead atoms. The lowest BCUT2D eigenvalue weighted by Crippen LogP contribution is -1.87. The van der Waals surface area contributed by atoms with E-state index < -0.39 is 0 Å². The molecule has 0 unspecified atom stereocenters. The van der Waals surface area contributed by atoms with Gasteiger partial charge in [0.1, 0.15) is 0 Å². The predicted octanol–water partition coefficient (Wildman–Crippen LogP) is 2.96. The van der Waals surface area contributed by atoms with E-state index in [1.54, 1.807) is 0 Å². The van der Waals surface area contributed by atoms with Crippen molar-refractivity contribution in [1.82, 2.24) is 0 Å². The summed E-state index contributed by atoms with van der Waals surface area (Å²) in [7, 11) is 0. The fraction of sp³-hybridized carbons (Fsp3) is 0.625. The predicted molar refractivity (Wildman–Crippen MR) is 38.6 cm³/mol. The van der Waals surface area contributed by atoms with Gasteiger partial charge < -0.3 is 0 Å². The van der Waals surface area contributed by atoms with Gasteiger partial charge >= 0.3 is 0 Å². The molecule has 0 aliphatic carbocycles. The zero-order valence-corrected chi connectivity index (χ0v) is 6.12. The van der Waals surface area contributed by atoms with Crippen molar-refractivity contribution in [3.05, 3.63) is 18.1 Å². The Bertz CT molecular complexity index is 72.1. The number of allylic oxidation sites excluding steroid dienone is 1. The lowest BCUT2D eigenvalue weighted by molar-refractivity contribution is 0.835. The molecule has 0 aromatic heterocycles. The maximum absolute atomic E-state index is 3.82. The molecule has 0 atom stereocenters. The van der Waals surface area contributed by atoms with Crippen LogP contribution in [-0.4, -0.2) is 0 Å². The van der Waals surface area contributed by atoms with Crippen molar-refractivity contribution in [1.29, 1.82) is 0 Å². The highest BCUT2D eigenvalue weighted by atomic mass is 14.0. The fourth-order valence-electron chi connectivity index (χ4n) is 0.640. The minimum Gasteiger partial charge on any atom is -0.100 e. The fourth-order valence-corrected chi connectivity index (χ4v) is 0.640. The molecule has 0 saturated heterocycles. The van der Waals surface area contributed by atoms with Crippen LogP contribution in [0.5, 0.6) is 0 Å². The molecular weight excluding hydrogens is 96.1 g/mol.